The molecule has 0 radical (unpaired) electrons. The van der Waals surface area contributed by atoms with Gasteiger partial charge >= 0.3 is 0 Å². The summed E-state index contributed by atoms with van der Waals surface area (Å²) in [6.07, 6.45) is 1.89. The van der Waals surface area contributed by atoms with Crippen LogP contribution >= 0.6 is 0 Å². The van der Waals surface area contributed by atoms with Gasteiger partial charge in [0.2, 0.25) is 0 Å². The van der Waals surface area contributed by atoms with E-state index in [2.05, 4.69) is 22.3 Å². The highest BCUT2D eigenvalue weighted by molar-refractivity contribution is 6.21. The van der Waals surface area contributed by atoms with E-state index in [1.54, 1.807) is 24.3 Å². The standard InChI is InChI=1S/C23H23N5O3/c1-3-15-9-10-16(4-2)19(13-15)20(29)14-28-25-21(24-26-28)11-12-27-22(30)17-7-5-6-8-18(17)23(27)31/h5-10,13H,3-4,11-12,14H2,1-2H3. The minimum absolute atomic E-state index is 0.0137. The number of carbonyl (C=O) groups is 3. The summed E-state index contributed by atoms with van der Waals surface area (Å²) in [7, 11) is 0. The van der Waals surface area contributed by atoms with E-state index < -0.39 is 0 Å². The van der Waals surface area contributed by atoms with Crippen LogP contribution in [0.15, 0.2) is 42.5 Å². The third-order valence-electron chi connectivity index (χ3n) is 5.48. The Kier molecular flexibility index (Phi) is 5.70. The molecule has 0 atom stereocenters. The number of amides is 2. The lowest BCUT2D eigenvalue weighted by Gasteiger charge is -2.11. The molecule has 2 heterocycles. The molecule has 2 aromatic carbocycles. The minimum Gasteiger partial charge on any atom is -0.292 e. The summed E-state index contributed by atoms with van der Waals surface area (Å²) < 4.78 is 0. The Bertz CT molecular complexity index is 1130. The van der Waals surface area contributed by atoms with E-state index >= 15 is 0 Å². The number of Topliss-reactive ketones (excluding diaryl/α,β-unsaturated/α-hetero) is 1. The maximum Gasteiger partial charge on any atom is 0.261 e. The smallest absolute Gasteiger partial charge is 0.261 e. The van der Waals surface area contributed by atoms with Crippen molar-refractivity contribution in [2.45, 2.75) is 39.7 Å². The van der Waals surface area contributed by atoms with Crippen molar-refractivity contribution in [2.75, 3.05) is 6.54 Å². The maximum absolute atomic E-state index is 12.8. The molecule has 158 valence electrons. The molecule has 2 amide bonds. The number of tetrazole rings is 1. The number of ketones is 1. The number of rotatable bonds is 8. The molecule has 0 unspecified atom stereocenters. The molecule has 1 aliphatic heterocycles. The number of nitrogens with zero attached hydrogens (tertiary/aromatic N) is 5. The van der Waals surface area contributed by atoms with E-state index in [1.165, 1.54) is 9.70 Å². The average Bonchev–Trinajstić information content (AvgIpc) is 3.34. The third-order valence-corrected chi connectivity index (χ3v) is 5.48. The SMILES string of the molecule is CCc1ccc(CC)c(C(=O)Cn2nnc(CCN3C(=O)c4ccccc4C3=O)n2)c1. The number of hydrogen-bond donors (Lipinski definition) is 0. The van der Waals surface area contributed by atoms with Crippen LogP contribution in [0.4, 0.5) is 0 Å². The fourth-order valence-electron chi connectivity index (χ4n) is 3.72. The summed E-state index contributed by atoms with van der Waals surface area (Å²) in [5, 5.41) is 12.2. The molecule has 1 aliphatic rings. The summed E-state index contributed by atoms with van der Waals surface area (Å²) in [5.41, 5.74) is 3.61. The topological polar surface area (TPSA) is 98.0 Å². The van der Waals surface area contributed by atoms with Crippen molar-refractivity contribution in [1.82, 2.24) is 25.1 Å². The van der Waals surface area contributed by atoms with E-state index in [0.717, 1.165) is 24.0 Å². The summed E-state index contributed by atoms with van der Waals surface area (Å²) in [6, 6.07) is 12.7. The fourth-order valence-corrected chi connectivity index (χ4v) is 3.72. The molecule has 0 saturated carbocycles. The summed E-state index contributed by atoms with van der Waals surface area (Å²) in [6.45, 7) is 4.21. The Hall–Kier alpha value is -3.68. The second-order valence-electron chi connectivity index (χ2n) is 7.42. The first-order chi connectivity index (χ1) is 15.0. The summed E-state index contributed by atoms with van der Waals surface area (Å²) in [4.78, 5) is 40.2. The van der Waals surface area contributed by atoms with Gasteiger partial charge in [-0.3, -0.25) is 19.3 Å². The van der Waals surface area contributed by atoms with Crippen LogP contribution in [0.25, 0.3) is 0 Å². The number of aryl methyl sites for hydroxylation is 2. The van der Waals surface area contributed by atoms with Crippen molar-refractivity contribution in [3.63, 3.8) is 0 Å². The summed E-state index contributed by atoms with van der Waals surface area (Å²) >= 11 is 0. The molecule has 0 bridgehead atoms. The zero-order valence-corrected chi connectivity index (χ0v) is 17.5. The van der Waals surface area contributed by atoms with Crippen LogP contribution in [-0.4, -0.2) is 49.2 Å². The fraction of sp³-hybridized carbons (Fsp3) is 0.304. The Morgan fingerprint density at radius 2 is 1.68 bits per heavy atom. The molecule has 0 N–H and O–H groups in total. The summed E-state index contributed by atoms with van der Waals surface area (Å²) in [5.74, 6) is -0.323. The normalized spacial score (nSPS) is 13.0. The van der Waals surface area contributed by atoms with E-state index in [1.807, 2.05) is 25.1 Å². The van der Waals surface area contributed by atoms with Crippen molar-refractivity contribution in [3.8, 4) is 0 Å². The van der Waals surface area contributed by atoms with Gasteiger partial charge in [0.15, 0.2) is 11.6 Å². The average molecular weight is 417 g/mol. The van der Waals surface area contributed by atoms with Gasteiger partial charge in [0.1, 0.15) is 6.54 Å². The first kappa shape index (κ1) is 20.6. The van der Waals surface area contributed by atoms with Crippen molar-refractivity contribution >= 4 is 17.6 Å². The van der Waals surface area contributed by atoms with Crippen molar-refractivity contribution < 1.29 is 14.4 Å². The minimum atomic E-state index is -0.314. The highest BCUT2D eigenvalue weighted by Crippen LogP contribution is 2.22. The molecular weight excluding hydrogens is 394 g/mol. The number of benzene rings is 2. The van der Waals surface area contributed by atoms with E-state index in [4.69, 9.17) is 0 Å². The Morgan fingerprint density at radius 1 is 0.968 bits per heavy atom. The van der Waals surface area contributed by atoms with Gasteiger partial charge in [-0.05, 0) is 47.4 Å². The number of hydrogen-bond acceptors (Lipinski definition) is 6. The van der Waals surface area contributed by atoms with Gasteiger partial charge in [-0.2, -0.15) is 4.80 Å². The van der Waals surface area contributed by atoms with Crippen LogP contribution in [0.1, 0.15) is 61.9 Å². The molecule has 0 aliphatic carbocycles. The Labute approximate surface area is 179 Å². The lowest BCUT2D eigenvalue weighted by atomic mass is 9.98. The van der Waals surface area contributed by atoms with Crippen molar-refractivity contribution in [2.24, 2.45) is 0 Å². The second kappa shape index (κ2) is 8.59. The molecule has 0 fully saturated rings. The van der Waals surface area contributed by atoms with Crippen LogP contribution in [0.3, 0.4) is 0 Å². The monoisotopic (exact) mass is 417 g/mol. The predicted molar refractivity (Wildman–Crippen MR) is 113 cm³/mol. The van der Waals surface area contributed by atoms with Crippen LogP contribution in [0.5, 0.6) is 0 Å². The van der Waals surface area contributed by atoms with Crippen LogP contribution in [-0.2, 0) is 25.8 Å². The lowest BCUT2D eigenvalue weighted by Crippen LogP contribution is -2.32. The van der Waals surface area contributed by atoms with Gasteiger partial charge in [0.05, 0.1) is 11.1 Å². The molecule has 0 spiro atoms. The van der Waals surface area contributed by atoms with Crippen molar-refractivity contribution in [1.29, 1.82) is 0 Å². The van der Waals surface area contributed by atoms with Gasteiger partial charge in [0, 0.05) is 18.5 Å². The molecule has 1 aromatic heterocycles. The van der Waals surface area contributed by atoms with Gasteiger partial charge in [-0.15, -0.1) is 10.2 Å². The van der Waals surface area contributed by atoms with E-state index in [0.29, 0.717) is 22.5 Å². The lowest BCUT2D eigenvalue weighted by molar-refractivity contribution is 0.0655. The van der Waals surface area contributed by atoms with Gasteiger partial charge < -0.3 is 0 Å². The second-order valence-corrected chi connectivity index (χ2v) is 7.42. The van der Waals surface area contributed by atoms with Crippen LogP contribution < -0.4 is 0 Å². The maximum atomic E-state index is 12.8. The molecule has 8 nitrogen and oxygen atoms in total. The first-order valence-corrected chi connectivity index (χ1v) is 10.4. The van der Waals surface area contributed by atoms with Gasteiger partial charge in [0.25, 0.3) is 11.8 Å². The first-order valence-electron chi connectivity index (χ1n) is 10.4. The molecule has 8 heteroatoms. The zero-order chi connectivity index (χ0) is 22.0. The highest BCUT2D eigenvalue weighted by Gasteiger charge is 2.34. The highest BCUT2D eigenvalue weighted by atomic mass is 16.2. The zero-order valence-electron chi connectivity index (χ0n) is 17.5. The molecule has 3 aromatic rings. The van der Waals surface area contributed by atoms with Crippen molar-refractivity contribution in [3.05, 3.63) is 76.1 Å². The molecule has 0 saturated heterocycles. The van der Waals surface area contributed by atoms with Gasteiger partial charge in [-0.25, -0.2) is 0 Å². The Balaban J connectivity index is 1.41. The predicted octanol–water partition coefficient (Wildman–Crippen LogP) is 2.52. The quantitative estimate of drug-likeness (QED) is 0.413. The third kappa shape index (κ3) is 4.01. The van der Waals surface area contributed by atoms with E-state index in [9.17, 15) is 14.4 Å². The number of imide groups is 1. The molecule has 31 heavy (non-hydrogen) atoms. The number of aromatic nitrogens is 4. The van der Waals surface area contributed by atoms with Crippen LogP contribution in [0, 0.1) is 0 Å². The largest absolute Gasteiger partial charge is 0.292 e. The Morgan fingerprint density at radius 3 is 2.32 bits per heavy atom. The van der Waals surface area contributed by atoms with Crippen LogP contribution in [0.2, 0.25) is 0 Å². The van der Waals surface area contributed by atoms with E-state index in [-0.39, 0.29) is 37.1 Å². The molecular formula is C23H23N5O3. The number of carbonyl (C=O) groups excluding carboxylic acids is 3. The molecule has 4 rings (SSSR count). The number of fused-ring (bicyclic) bond motifs is 1. The van der Waals surface area contributed by atoms with Gasteiger partial charge in [-0.1, -0.05) is 38.1 Å².